The van der Waals surface area contributed by atoms with Crippen LogP contribution in [0.4, 0.5) is 0 Å². The van der Waals surface area contributed by atoms with Crippen molar-refractivity contribution in [2.45, 2.75) is 36.7 Å². The van der Waals surface area contributed by atoms with Gasteiger partial charge in [0.2, 0.25) is 10.0 Å². The molecule has 0 spiro atoms. The third-order valence-corrected chi connectivity index (χ3v) is 7.94. The normalized spacial score (nSPS) is 16.2. The van der Waals surface area contributed by atoms with Gasteiger partial charge in [-0.05, 0) is 43.0 Å². The van der Waals surface area contributed by atoms with Gasteiger partial charge in [0.25, 0.3) is 5.91 Å². The molecule has 1 fully saturated rings. The molecule has 0 aromatic heterocycles. The topological polar surface area (TPSA) is 92.8 Å². The van der Waals surface area contributed by atoms with Crippen molar-refractivity contribution in [3.63, 3.8) is 0 Å². The van der Waals surface area contributed by atoms with Gasteiger partial charge in [0.1, 0.15) is 6.04 Å². The number of sulfonamides is 1. The SMILES string of the molecule is Cc1ccc(S(=O)(=O)N2CCCC2C(=O)OCC(=O)NC(c2ccccc2)c2ccccc2)cc1. The number of aryl methyl sites for hydroxylation is 1. The van der Waals surface area contributed by atoms with Crippen LogP contribution in [0.1, 0.15) is 35.6 Å². The molecule has 0 aliphatic carbocycles. The van der Waals surface area contributed by atoms with Crippen molar-refractivity contribution in [2.75, 3.05) is 13.2 Å². The first-order valence-electron chi connectivity index (χ1n) is 11.5. The van der Waals surface area contributed by atoms with E-state index in [-0.39, 0.29) is 11.4 Å². The monoisotopic (exact) mass is 492 g/mol. The molecule has 1 unspecified atom stereocenters. The van der Waals surface area contributed by atoms with Crippen LogP contribution in [-0.4, -0.2) is 43.8 Å². The molecular formula is C27H28N2O5S. The summed E-state index contributed by atoms with van der Waals surface area (Å²) >= 11 is 0. The lowest BCUT2D eigenvalue weighted by Crippen LogP contribution is -2.42. The highest BCUT2D eigenvalue weighted by molar-refractivity contribution is 7.89. The summed E-state index contributed by atoms with van der Waals surface area (Å²) in [5.41, 5.74) is 2.73. The molecule has 4 rings (SSSR count). The quantitative estimate of drug-likeness (QED) is 0.485. The predicted octanol–water partition coefficient (Wildman–Crippen LogP) is 3.60. The minimum atomic E-state index is -3.85. The van der Waals surface area contributed by atoms with Crippen molar-refractivity contribution >= 4 is 21.9 Å². The van der Waals surface area contributed by atoms with Crippen LogP contribution < -0.4 is 5.32 Å². The maximum absolute atomic E-state index is 13.1. The van der Waals surface area contributed by atoms with E-state index in [1.54, 1.807) is 12.1 Å². The third-order valence-electron chi connectivity index (χ3n) is 6.02. The van der Waals surface area contributed by atoms with Crippen LogP contribution in [0.15, 0.2) is 89.8 Å². The molecule has 0 saturated carbocycles. The second-order valence-corrected chi connectivity index (χ2v) is 10.4. The second-order valence-electron chi connectivity index (χ2n) is 8.52. The van der Waals surface area contributed by atoms with Gasteiger partial charge in [-0.15, -0.1) is 0 Å². The third kappa shape index (κ3) is 5.78. The van der Waals surface area contributed by atoms with E-state index in [1.807, 2.05) is 67.6 Å². The van der Waals surface area contributed by atoms with Crippen molar-refractivity contribution in [3.8, 4) is 0 Å². The lowest BCUT2D eigenvalue weighted by Gasteiger charge is -2.23. The van der Waals surface area contributed by atoms with Crippen molar-refractivity contribution in [1.29, 1.82) is 0 Å². The first kappa shape index (κ1) is 24.6. The lowest BCUT2D eigenvalue weighted by molar-refractivity contribution is -0.151. The van der Waals surface area contributed by atoms with Gasteiger partial charge in [0.05, 0.1) is 10.9 Å². The number of esters is 1. The summed E-state index contributed by atoms with van der Waals surface area (Å²) in [6.45, 7) is 1.60. The summed E-state index contributed by atoms with van der Waals surface area (Å²) in [5.74, 6) is -1.19. The number of amides is 1. The molecule has 0 radical (unpaired) electrons. The Kier molecular flexibility index (Phi) is 7.63. The fourth-order valence-corrected chi connectivity index (χ4v) is 5.84. The summed E-state index contributed by atoms with van der Waals surface area (Å²) in [6.07, 6.45) is 0.892. The molecule has 0 bridgehead atoms. The minimum Gasteiger partial charge on any atom is -0.454 e. The van der Waals surface area contributed by atoms with Gasteiger partial charge in [0.15, 0.2) is 6.61 Å². The Hall–Kier alpha value is -3.49. The number of ether oxygens (including phenoxy) is 1. The van der Waals surface area contributed by atoms with Crippen molar-refractivity contribution in [3.05, 3.63) is 102 Å². The first-order chi connectivity index (χ1) is 16.9. The van der Waals surface area contributed by atoms with E-state index in [9.17, 15) is 18.0 Å². The van der Waals surface area contributed by atoms with Gasteiger partial charge in [-0.25, -0.2) is 8.42 Å². The van der Waals surface area contributed by atoms with Crippen molar-refractivity contribution in [1.82, 2.24) is 9.62 Å². The fraction of sp³-hybridized carbons (Fsp3) is 0.259. The summed E-state index contributed by atoms with van der Waals surface area (Å²) in [5, 5.41) is 2.92. The molecule has 7 nitrogen and oxygen atoms in total. The zero-order valence-electron chi connectivity index (χ0n) is 19.5. The Morgan fingerprint density at radius 1 is 0.943 bits per heavy atom. The summed E-state index contributed by atoms with van der Waals surface area (Å²) < 4.78 is 32.7. The number of nitrogens with one attached hydrogen (secondary N) is 1. The van der Waals surface area contributed by atoms with E-state index in [4.69, 9.17) is 4.74 Å². The Labute approximate surface area is 205 Å². The maximum atomic E-state index is 13.1. The van der Waals surface area contributed by atoms with E-state index < -0.39 is 40.6 Å². The van der Waals surface area contributed by atoms with Gasteiger partial charge in [0, 0.05) is 6.54 Å². The number of nitrogens with zero attached hydrogens (tertiary/aromatic N) is 1. The van der Waals surface area contributed by atoms with Crippen LogP contribution in [0, 0.1) is 6.92 Å². The summed E-state index contributed by atoms with van der Waals surface area (Å²) in [6, 6.07) is 24.1. The Balaban J connectivity index is 1.41. The number of hydrogen-bond acceptors (Lipinski definition) is 5. The highest BCUT2D eigenvalue weighted by Crippen LogP contribution is 2.27. The molecule has 1 N–H and O–H groups in total. The molecule has 3 aromatic rings. The molecular weight excluding hydrogens is 464 g/mol. The first-order valence-corrected chi connectivity index (χ1v) is 12.9. The van der Waals surface area contributed by atoms with E-state index in [0.29, 0.717) is 12.8 Å². The van der Waals surface area contributed by atoms with E-state index in [2.05, 4.69) is 5.32 Å². The predicted molar refractivity (Wildman–Crippen MR) is 132 cm³/mol. The molecule has 1 aliphatic heterocycles. The maximum Gasteiger partial charge on any atom is 0.324 e. The van der Waals surface area contributed by atoms with Crippen molar-refractivity contribution < 1.29 is 22.7 Å². The zero-order chi connectivity index (χ0) is 24.8. The molecule has 35 heavy (non-hydrogen) atoms. The van der Waals surface area contributed by atoms with Gasteiger partial charge in [-0.1, -0.05) is 78.4 Å². The van der Waals surface area contributed by atoms with Gasteiger partial charge in [-0.2, -0.15) is 4.31 Å². The molecule has 182 valence electrons. The zero-order valence-corrected chi connectivity index (χ0v) is 20.3. The number of carbonyl (C=O) groups excluding carboxylic acids is 2. The highest BCUT2D eigenvalue weighted by atomic mass is 32.2. The van der Waals surface area contributed by atoms with Crippen LogP contribution in [-0.2, 0) is 24.3 Å². The average Bonchev–Trinajstić information content (AvgIpc) is 3.38. The van der Waals surface area contributed by atoms with Crippen LogP contribution in [0.3, 0.4) is 0 Å². The summed E-state index contributed by atoms with van der Waals surface area (Å²) in [4.78, 5) is 25.7. The van der Waals surface area contributed by atoms with E-state index in [1.165, 1.54) is 16.4 Å². The molecule has 1 atom stereocenters. The Morgan fingerprint density at radius 2 is 1.51 bits per heavy atom. The average molecular weight is 493 g/mol. The summed E-state index contributed by atoms with van der Waals surface area (Å²) in [7, 11) is -3.85. The van der Waals surface area contributed by atoms with Crippen molar-refractivity contribution in [2.24, 2.45) is 0 Å². The van der Waals surface area contributed by atoms with Crippen LogP contribution in [0.5, 0.6) is 0 Å². The van der Waals surface area contributed by atoms with Crippen LogP contribution in [0.25, 0.3) is 0 Å². The van der Waals surface area contributed by atoms with Gasteiger partial charge in [-0.3, -0.25) is 9.59 Å². The van der Waals surface area contributed by atoms with Crippen LogP contribution in [0.2, 0.25) is 0 Å². The number of carbonyl (C=O) groups is 2. The van der Waals surface area contributed by atoms with Crippen LogP contribution >= 0.6 is 0 Å². The molecule has 1 saturated heterocycles. The molecule has 3 aromatic carbocycles. The fourth-order valence-electron chi connectivity index (χ4n) is 4.19. The van der Waals surface area contributed by atoms with Gasteiger partial charge >= 0.3 is 5.97 Å². The minimum absolute atomic E-state index is 0.133. The molecule has 8 heteroatoms. The molecule has 1 amide bonds. The Morgan fingerprint density at radius 3 is 2.09 bits per heavy atom. The standard InChI is InChI=1S/C27H28N2O5S/c1-20-14-16-23(17-15-20)35(32,33)29-18-8-13-24(29)27(31)34-19-25(30)28-26(21-9-4-2-5-10-21)22-11-6-3-7-12-22/h2-7,9-12,14-17,24,26H,8,13,18-19H2,1H3,(H,28,30). The largest absolute Gasteiger partial charge is 0.454 e. The number of hydrogen-bond donors (Lipinski definition) is 1. The highest BCUT2D eigenvalue weighted by Gasteiger charge is 2.40. The molecule has 1 heterocycles. The van der Waals surface area contributed by atoms with E-state index >= 15 is 0 Å². The number of benzene rings is 3. The molecule has 1 aliphatic rings. The lowest BCUT2D eigenvalue weighted by atomic mass is 9.99. The second kappa shape index (κ2) is 10.8. The van der Waals surface area contributed by atoms with E-state index in [0.717, 1.165) is 16.7 Å². The Bertz CT molecular complexity index is 1220. The van der Waals surface area contributed by atoms with Gasteiger partial charge < -0.3 is 10.1 Å². The smallest absolute Gasteiger partial charge is 0.324 e. The number of rotatable bonds is 8.